The number of methoxy groups -OCH3 is 2. The summed E-state index contributed by atoms with van der Waals surface area (Å²) in [5.41, 5.74) is 2.76. The molecule has 2 aromatic carbocycles. The highest BCUT2D eigenvalue weighted by molar-refractivity contribution is 7.09. The van der Waals surface area contributed by atoms with Gasteiger partial charge in [-0.25, -0.2) is 0 Å². The predicted molar refractivity (Wildman–Crippen MR) is 134 cm³/mol. The van der Waals surface area contributed by atoms with Crippen molar-refractivity contribution in [2.45, 2.75) is 6.54 Å². The molecule has 0 radical (unpaired) electrons. The lowest BCUT2D eigenvalue weighted by molar-refractivity contribution is 0.0975. The minimum Gasteiger partial charge on any atom is -0.383 e. The van der Waals surface area contributed by atoms with E-state index < -0.39 is 0 Å². The molecule has 2 N–H and O–H groups in total. The highest BCUT2D eigenvalue weighted by atomic mass is 32.1. The zero-order valence-electron chi connectivity index (χ0n) is 18.8. The van der Waals surface area contributed by atoms with Gasteiger partial charge in [-0.3, -0.25) is 15.1 Å². The topological polar surface area (TPSA) is 76.9 Å². The fourth-order valence-corrected chi connectivity index (χ4v) is 4.45. The van der Waals surface area contributed by atoms with Crippen LogP contribution in [0.3, 0.4) is 0 Å². The van der Waals surface area contributed by atoms with Crippen molar-refractivity contribution in [1.29, 1.82) is 0 Å². The van der Waals surface area contributed by atoms with Crippen molar-refractivity contribution in [3.63, 3.8) is 0 Å². The van der Waals surface area contributed by atoms with E-state index in [0.717, 1.165) is 23.0 Å². The number of carbonyl (C=O) groups excluding carboxylic acids is 1. The number of nitrogens with one attached hydrogen (secondary N) is 2. The lowest BCUT2D eigenvalue weighted by Crippen LogP contribution is -2.42. The van der Waals surface area contributed by atoms with E-state index in [0.29, 0.717) is 37.8 Å². The van der Waals surface area contributed by atoms with Crippen LogP contribution in [-0.4, -0.2) is 57.0 Å². The van der Waals surface area contributed by atoms with Gasteiger partial charge in [0.1, 0.15) is 0 Å². The molecule has 4 aromatic rings. The zero-order valence-corrected chi connectivity index (χ0v) is 19.7. The molecule has 0 aliphatic heterocycles. The van der Waals surface area contributed by atoms with Gasteiger partial charge in [-0.1, -0.05) is 30.3 Å². The molecule has 0 bridgehead atoms. The standard InChI is InChI=1S/C25H28N4O3S/c1-31-13-11-26-25(27-12-14-32-2)28-24(30)18-9-10-21-20-7-3-4-8-22(20)29(23(21)16-18)17-19-6-5-15-33-19/h3-10,15-16H,11-14,17H2,1-2H3,(H2,26,27,28,30). The van der Waals surface area contributed by atoms with E-state index in [9.17, 15) is 4.79 Å². The van der Waals surface area contributed by atoms with Gasteiger partial charge < -0.3 is 19.4 Å². The Morgan fingerprint density at radius 1 is 1.00 bits per heavy atom. The number of rotatable bonds is 9. The van der Waals surface area contributed by atoms with Crippen molar-refractivity contribution in [3.8, 4) is 0 Å². The SMILES string of the molecule is COCCN=C(NCCOC)NC(=O)c1ccc2c3ccccc3n(Cc3cccs3)c2c1. The number of ether oxygens (including phenoxy) is 2. The van der Waals surface area contributed by atoms with Gasteiger partial charge in [0.15, 0.2) is 5.96 Å². The van der Waals surface area contributed by atoms with Crippen LogP contribution in [0.25, 0.3) is 21.8 Å². The molecular formula is C25H28N4O3S. The third kappa shape index (κ3) is 5.42. The first-order valence-electron chi connectivity index (χ1n) is 10.8. The van der Waals surface area contributed by atoms with Crippen LogP contribution in [0.4, 0.5) is 0 Å². The van der Waals surface area contributed by atoms with Crippen LogP contribution in [0.1, 0.15) is 15.2 Å². The van der Waals surface area contributed by atoms with Crippen LogP contribution in [0.15, 0.2) is 65.0 Å². The van der Waals surface area contributed by atoms with E-state index >= 15 is 0 Å². The molecule has 0 saturated heterocycles. The van der Waals surface area contributed by atoms with Crippen LogP contribution in [0.2, 0.25) is 0 Å². The van der Waals surface area contributed by atoms with Gasteiger partial charge in [-0.15, -0.1) is 11.3 Å². The van der Waals surface area contributed by atoms with Crippen LogP contribution in [0.5, 0.6) is 0 Å². The second-order valence-electron chi connectivity index (χ2n) is 7.51. The summed E-state index contributed by atoms with van der Waals surface area (Å²) in [4.78, 5) is 18.8. The highest BCUT2D eigenvalue weighted by Crippen LogP contribution is 2.31. The molecule has 33 heavy (non-hydrogen) atoms. The fraction of sp³-hybridized carbons (Fsp3) is 0.280. The Morgan fingerprint density at radius 3 is 2.61 bits per heavy atom. The number of guanidine groups is 1. The largest absolute Gasteiger partial charge is 0.383 e. The molecule has 0 unspecified atom stereocenters. The maximum Gasteiger partial charge on any atom is 0.258 e. The Kier molecular flexibility index (Phi) is 7.72. The lowest BCUT2D eigenvalue weighted by atomic mass is 10.1. The summed E-state index contributed by atoms with van der Waals surface area (Å²) in [6.07, 6.45) is 0. The first-order chi connectivity index (χ1) is 16.2. The number of hydrogen-bond acceptors (Lipinski definition) is 5. The lowest BCUT2D eigenvalue weighted by Gasteiger charge is -2.12. The number of hydrogen-bond donors (Lipinski definition) is 2. The Balaban J connectivity index is 1.65. The molecule has 0 spiro atoms. The molecule has 0 aliphatic carbocycles. The Morgan fingerprint density at radius 2 is 1.82 bits per heavy atom. The van der Waals surface area contributed by atoms with Crippen LogP contribution < -0.4 is 10.6 Å². The number of para-hydroxylation sites is 1. The van der Waals surface area contributed by atoms with Crippen molar-refractivity contribution in [2.75, 3.05) is 40.5 Å². The molecule has 172 valence electrons. The van der Waals surface area contributed by atoms with Crippen LogP contribution in [-0.2, 0) is 16.0 Å². The second kappa shape index (κ2) is 11.1. The van der Waals surface area contributed by atoms with Crippen LogP contribution in [0, 0.1) is 0 Å². The summed E-state index contributed by atoms with van der Waals surface area (Å²) in [5.74, 6) is 0.194. The number of benzene rings is 2. The van der Waals surface area contributed by atoms with Gasteiger partial charge in [-0.05, 0) is 29.6 Å². The fourth-order valence-electron chi connectivity index (χ4n) is 3.76. The van der Waals surface area contributed by atoms with Gasteiger partial charge in [0.25, 0.3) is 5.91 Å². The van der Waals surface area contributed by atoms with E-state index in [1.165, 1.54) is 10.3 Å². The summed E-state index contributed by atoms with van der Waals surface area (Å²) >= 11 is 1.73. The number of fused-ring (bicyclic) bond motifs is 3. The molecule has 2 aromatic heterocycles. The third-order valence-electron chi connectivity index (χ3n) is 5.33. The Labute approximate surface area is 197 Å². The minimum atomic E-state index is -0.217. The first kappa shape index (κ1) is 23.0. The average Bonchev–Trinajstić information content (AvgIpc) is 3.46. The van der Waals surface area contributed by atoms with E-state index in [-0.39, 0.29) is 5.91 Å². The predicted octanol–water partition coefficient (Wildman–Crippen LogP) is 3.87. The molecule has 0 atom stereocenters. The number of carbonyl (C=O) groups is 1. The van der Waals surface area contributed by atoms with Gasteiger partial charge in [-0.2, -0.15) is 0 Å². The number of aliphatic imine (C=N–C) groups is 1. The van der Waals surface area contributed by atoms with E-state index in [2.05, 4.69) is 49.8 Å². The second-order valence-corrected chi connectivity index (χ2v) is 8.54. The maximum atomic E-state index is 13.1. The number of nitrogens with zero attached hydrogens (tertiary/aromatic N) is 2. The molecule has 0 aliphatic rings. The van der Waals surface area contributed by atoms with Crippen molar-refractivity contribution < 1.29 is 14.3 Å². The van der Waals surface area contributed by atoms with Gasteiger partial charge in [0.05, 0.1) is 31.8 Å². The summed E-state index contributed by atoms with van der Waals surface area (Å²) in [5, 5.41) is 10.4. The molecule has 2 heterocycles. The maximum absolute atomic E-state index is 13.1. The van der Waals surface area contributed by atoms with Crippen molar-refractivity contribution in [2.24, 2.45) is 4.99 Å². The van der Waals surface area contributed by atoms with E-state index in [1.807, 2.05) is 30.3 Å². The molecule has 0 fully saturated rings. The Hall–Kier alpha value is -3.20. The number of aromatic nitrogens is 1. The van der Waals surface area contributed by atoms with Crippen molar-refractivity contribution in [3.05, 3.63) is 70.4 Å². The van der Waals surface area contributed by atoms with E-state index in [1.54, 1.807) is 25.6 Å². The summed E-state index contributed by atoms with van der Waals surface area (Å²) in [6, 6.07) is 18.4. The summed E-state index contributed by atoms with van der Waals surface area (Å²) in [7, 11) is 3.25. The summed E-state index contributed by atoms with van der Waals surface area (Å²) in [6.45, 7) is 2.72. The molecular weight excluding hydrogens is 436 g/mol. The molecule has 1 amide bonds. The average molecular weight is 465 g/mol. The number of amides is 1. The van der Waals surface area contributed by atoms with E-state index in [4.69, 9.17) is 9.47 Å². The van der Waals surface area contributed by atoms with Gasteiger partial charge in [0, 0.05) is 47.5 Å². The summed E-state index contributed by atoms with van der Waals surface area (Å²) < 4.78 is 12.4. The minimum absolute atomic E-state index is 0.217. The van der Waals surface area contributed by atoms with Gasteiger partial charge >= 0.3 is 0 Å². The van der Waals surface area contributed by atoms with Crippen molar-refractivity contribution in [1.82, 2.24) is 15.2 Å². The number of thiophene rings is 1. The smallest absolute Gasteiger partial charge is 0.258 e. The molecule has 4 rings (SSSR count). The zero-order chi connectivity index (χ0) is 23.0. The van der Waals surface area contributed by atoms with Gasteiger partial charge in [0.2, 0.25) is 0 Å². The molecule has 0 saturated carbocycles. The quantitative estimate of drug-likeness (QED) is 0.224. The third-order valence-corrected chi connectivity index (χ3v) is 6.19. The monoisotopic (exact) mass is 464 g/mol. The van der Waals surface area contributed by atoms with Crippen LogP contribution >= 0.6 is 11.3 Å². The highest BCUT2D eigenvalue weighted by Gasteiger charge is 2.15. The normalized spacial score (nSPS) is 11.9. The first-order valence-corrected chi connectivity index (χ1v) is 11.7. The molecule has 8 heteroatoms. The Bertz CT molecular complexity index is 1250. The molecule has 7 nitrogen and oxygen atoms in total. The van der Waals surface area contributed by atoms with Crippen molar-refractivity contribution >= 4 is 45.0 Å².